The number of hydrogen-bond acceptors (Lipinski definition) is 4. The summed E-state index contributed by atoms with van der Waals surface area (Å²) in [5.74, 6) is 0.455. The van der Waals surface area contributed by atoms with Crippen LogP contribution in [0.4, 0.5) is 0 Å². The third-order valence-electron chi connectivity index (χ3n) is 4.10. The zero-order valence-electron chi connectivity index (χ0n) is 14.4. The van der Waals surface area contributed by atoms with Crippen molar-refractivity contribution in [1.82, 2.24) is 4.90 Å². The van der Waals surface area contributed by atoms with Crippen LogP contribution in [-0.2, 0) is 17.8 Å². The molecule has 1 aliphatic rings. The van der Waals surface area contributed by atoms with E-state index in [0.717, 1.165) is 11.1 Å². The minimum atomic E-state index is -0.245. The Morgan fingerprint density at radius 1 is 1.11 bits per heavy atom. The van der Waals surface area contributed by atoms with Crippen LogP contribution in [-0.4, -0.2) is 26.9 Å². The summed E-state index contributed by atoms with van der Waals surface area (Å²) in [5, 5.41) is 1.25. The predicted molar refractivity (Wildman–Crippen MR) is 117 cm³/mol. The summed E-state index contributed by atoms with van der Waals surface area (Å²) in [6.45, 7) is 2.82. The van der Waals surface area contributed by atoms with Crippen molar-refractivity contribution in [3.05, 3.63) is 62.6 Å². The number of benzene rings is 2. The number of rotatable bonds is 6. The number of ether oxygens (including phenoxy) is 1. The van der Waals surface area contributed by atoms with E-state index in [9.17, 15) is 4.79 Å². The van der Waals surface area contributed by atoms with E-state index in [0.29, 0.717) is 44.7 Å². The number of amides is 1. The lowest BCUT2D eigenvalue weighted by molar-refractivity contribution is -0.125. The topological polar surface area (TPSA) is 29.5 Å². The molecule has 0 unspecified atom stereocenters. The van der Waals surface area contributed by atoms with Crippen molar-refractivity contribution in [2.75, 3.05) is 6.54 Å². The fourth-order valence-electron chi connectivity index (χ4n) is 2.73. The molecule has 1 saturated heterocycles. The van der Waals surface area contributed by atoms with E-state index < -0.39 is 0 Å². The van der Waals surface area contributed by atoms with Crippen LogP contribution in [0.1, 0.15) is 18.1 Å². The normalized spacial score (nSPS) is 16.9. The van der Waals surface area contributed by atoms with E-state index in [2.05, 4.69) is 0 Å². The highest BCUT2D eigenvalue weighted by Crippen LogP contribution is 2.37. The molecule has 27 heavy (non-hydrogen) atoms. The molecule has 0 N–H and O–H groups in total. The minimum Gasteiger partial charge on any atom is -0.486 e. The van der Waals surface area contributed by atoms with Gasteiger partial charge in [-0.2, -0.15) is 0 Å². The number of carbonyl (C=O) groups is 1. The molecule has 142 valence electrons. The fourth-order valence-corrected chi connectivity index (χ4v) is 5.16. The van der Waals surface area contributed by atoms with Gasteiger partial charge in [0.25, 0.3) is 0 Å². The van der Waals surface area contributed by atoms with Crippen LogP contribution in [0.2, 0.25) is 15.1 Å². The highest BCUT2D eigenvalue weighted by molar-refractivity contribution is 8.24. The summed E-state index contributed by atoms with van der Waals surface area (Å²) in [6.07, 6.45) is 0.511. The van der Waals surface area contributed by atoms with Gasteiger partial charge in [-0.05, 0) is 48.7 Å². The molecule has 0 aromatic heterocycles. The first-order valence-electron chi connectivity index (χ1n) is 8.26. The molecule has 1 fully saturated rings. The highest BCUT2D eigenvalue weighted by Gasteiger charge is 2.35. The summed E-state index contributed by atoms with van der Waals surface area (Å²) >= 11 is 25.3. The van der Waals surface area contributed by atoms with Gasteiger partial charge in [-0.25, -0.2) is 0 Å². The quantitative estimate of drug-likeness (QED) is 0.493. The Balaban J connectivity index is 1.70. The molecule has 1 aliphatic heterocycles. The molecular weight excluding hydrogens is 445 g/mol. The van der Waals surface area contributed by atoms with Gasteiger partial charge in [-0.15, -0.1) is 0 Å². The van der Waals surface area contributed by atoms with Gasteiger partial charge in [0.1, 0.15) is 10.9 Å². The summed E-state index contributed by atoms with van der Waals surface area (Å²) in [6, 6.07) is 10.9. The van der Waals surface area contributed by atoms with Crippen LogP contribution in [0.3, 0.4) is 0 Å². The van der Waals surface area contributed by atoms with Gasteiger partial charge in [0.15, 0.2) is 5.75 Å². The van der Waals surface area contributed by atoms with Crippen LogP contribution in [0.25, 0.3) is 0 Å². The number of hydrogen-bond donors (Lipinski definition) is 0. The number of thioether (sulfide) groups is 1. The van der Waals surface area contributed by atoms with Crippen molar-refractivity contribution in [3.63, 3.8) is 0 Å². The summed E-state index contributed by atoms with van der Waals surface area (Å²) in [5.41, 5.74) is 1.83. The molecular formula is C19H16Cl3NO2S2. The van der Waals surface area contributed by atoms with Crippen LogP contribution in [0.15, 0.2) is 36.4 Å². The molecule has 2 aromatic carbocycles. The van der Waals surface area contributed by atoms with E-state index in [1.165, 1.54) is 11.8 Å². The summed E-state index contributed by atoms with van der Waals surface area (Å²) in [4.78, 5) is 14.0. The van der Waals surface area contributed by atoms with Crippen molar-refractivity contribution in [1.29, 1.82) is 0 Å². The van der Waals surface area contributed by atoms with Crippen molar-refractivity contribution in [3.8, 4) is 5.75 Å². The second-order valence-electron chi connectivity index (χ2n) is 5.96. The zero-order chi connectivity index (χ0) is 19.6. The first-order chi connectivity index (χ1) is 12.9. The number of thiocarbonyl (C=S) groups is 1. The van der Waals surface area contributed by atoms with Crippen LogP contribution >= 0.6 is 58.8 Å². The Bertz CT molecular complexity index is 851. The van der Waals surface area contributed by atoms with E-state index in [-0.39, 0.29) is 11.2 Å². The molecule has 0 bridgehead atoms. The molecule has 0 spiro atoms. The third kappa shape index (κ3) is 4.90. The standard InChI is InChI=1S/C19H16Cl3NO2S2/c1-2-23-18(24)16(27-19(23)26)9-12-7-14(21)17(15(22)8-12)25-10-11-3-5-13(20)6-4-11/h3-8,16H,2,9-10H2,1H3/t16-/m0/s1. The van der Waals surface area contributed by atoms with Gasteiger partial charge >= 0.3 is 0 Å². The largest absolute Gasteiger partial charge is 0.486 e. The minimum absolute atomic E-state index is 0.0304. The average molecular weight is 461 g/mol. The monoisotopic (exact) mass is 459 g/mol. The van der Waals surface area contributed by atoms with Crippen LogP contribution in [0.5, 0.6) is 5.75 Å². The second-order valence-corrected chi connectivity index (χ2v) is 9.05. The fraction of sp³-hybridized carbons (Fsp3) is 0.263. The SMILES string of the molecule is CCN1C(=O)[C@H](Cc2cc(Cl)c(OCc3ccc(Cl)cc3)c(Cl)c2)SC1=S. The Labute approximate surface area is 182 Å². The summed E-state index contributed by atoms with van der Waals surface area (Å²) < 4.78 is 6.40. The third-order valence-corrected chi connectivity index (χ3v) is 6.49. The second kappa shape index (κ2) is 9.01. The molecule has 3 nitrogen and oxygen atoms in total. The Hall–Kier alpha value is -0.980. The van der Waals surface area contributed by atoms with Crippen molar-refractivity contribution in [2.24, 2.45) is 0 Å². The molecule has 0 saturated carbocycles. The lowest BCUT2D eigenvalue weighted by Crippen LogP contribution is -2.31. The van der Waals surface area contributed by atoms with E-state index in [1.807, 2.05) is 19.1 Å². The Morgan fingerprint density at radius 2 is 1.74 bits per heavy atom. The first kappa shape index (κ1) is 20.7. The van der Waals surface area contributed by atoms with E-state index in [4.69, 9.17) is 51.8 Å². The van der Waals surface area contributed by atoms with Gasteiger partial charge in [-0.3, -0.25) is 9.69 Å². The Morgan fingerprint density at radius 3 is 2.30 bits per heavy atom. The maximum Gasteiger partial charge on any atom is 0.241 e. The number of halogens is 3. The van der Waals surface area contributed by atoms with Gasteiger partial charge in [-0.1, -0.05) is 70.9 Å². The maximum atomic E-state index is 12.4. The van der Waals surface area contributed by atoms with Crippen LogP contribution in [0, 0.1) is 0 Å². The molecule has 1 atom stereocenters. The number of carbonyl (C=O) groups excluding carboxylic acids is 1. The molecule has 0 radical (unpaired) electrons. The van der Waals surface area contributed by atoms with E-state index in [1.54, 1.807) is 29.2 Å². The molecule has 2 aromatic rings. The van der Waals surface area contributed by atoms with Gasteiger partial charge < -0.3 is 4.74 Å². The molecule has 1 heterocycles. The van der Waals surface area contributed by atoms with E-state index >= 15 is 0 Å². The molecule has 8 heteroatoms. The first-order valence-corrected chi connectivity index (χ1v) is 10.7. The van der Waals surface area contributed by atoms with Crippen molar-refractivity contribution >= 4 is 69.0 Å². The van der Waals surface area contributed by atoms with Gasteiger partial charge in [0, 0.05) is 11.6 Å². The van der Waals surface area contributed by atoms with Crippen LogP contribution < -0.4 is 4.74 Å². The lowest BCUT2D eigenvalue weighted by atomic mass is 10.1. The predicted octanol–water partition coefficient (Wildman–Crippen LogP) is 6.02. The smallest absolute Gasteiger partial charge is 0.241 e. The zero-order valence-corrected chi connectivity index (χ0v) is 18.3. The van der Waals surface area contributed by atoms with Gasteiger partial charge in [0.05, 0.1) is 15.3 Å². The number of nitrogens with zero attached hydrogens (tertiary/aromatic N) is 1. The van der Waals surface area contributed by atoms with Crippen molar-refractivity contribution < 1.29 is 9.53 Å². The molecule has 1 amide bonds. The summed E-state index contributed by atoms with van der Waals surface area (Å²) in [7, 11) is 0. The van der Waals surface area contributed by atoms with Gasteiger partial charge in [0.2, 0.25) is 5.91 Å². The lowest BCUT2D eigenvalue weighted by Gasteiger charge is -2.14. The Kier molecular flexibility index (Phi) is 6.93. The van der Waals surface area contributed by atoms with Crippen molar-refractivity contribution in [2.45, 2.75) is 25.2 Å². The molecule has 3 rings (SSSR count). The maximum absolute atomic E-state index is 12.4. The molecule has 0 aliphatic carbocycles. The highest BCUT2D eigenvalue weighted by atomic mass is 35.5. The average Bonchev–Trinajstić information content (AvgIpc) is 2.88.